The number of fused-ring (bicyclic) bond motifs is 1. The lowest BCUT2D eigenvalue weighted by molar-refractivity contribution is 0.110. The lowest BCUT2D eigenvalue weighted by atomic mass is 10.1. The first kappa shape index (κ1) is 19.0. The largest absolute Gasteiger partial charge is 0.507 e. The van der Waals surface area contributed by atoms with Crippen LogP contribution < -0.4 is 5.32 Å². The van der Waals surface area contributed by atoms with Crippen molar-refractivity contribution < 1.29 is 14.6 Å². The molecule has 1 saturated heterocycles. The van der Waals surface area contributed by atoms with Gasteiger partial charge in [0.25, 0.3) is 6.01 Å². The fraction of sp³-hybridized carbons (Fsp3) is 0.400. The van der Waals surface area contributed by atoms with E-state index in [1.807, 2.05) is 0 Å². The second-order valence-electron chi connectivity index (χ2n) is 7.29. The number of rotatable bonds is 5. The van der Waals surface area contributed by atoms with E-state index in [0.29, 0.717) is 40.1 Å². The first-order valence-corrected chi connectivity index (χ1v) is 9.79. The van der Waals surface area contributed by atoms with Gasteiger partial charge in [-0.05, 0) is 56.6 Å². The fourth-order valence-corrected chi connectivity index (χ4v) is 3.81. The lowest BCUT2D eigenvalue weighted by Crippen LogP contribution is -2.44. The van der Waals surface area contributed by atoms with Crippen LogP contribution in [0.2, 0.25) is 5.02 Å². The predicted molar refractivity (Wildman–Crippen MR) is 109 cm³/mol. The van der Waals surface area contributed by atoms with Gasteiger partial charge in [0, 0.05) is 29.7 Å². The summed E-state index contributed by atoms with van der Waals surface area (Å²) < 4.78 is 5.79. The fourth-order valence-electron chi connectivity index (χ4n) is 3.64. The average Bonchev–Trinajstić information content (AvgIpc) is 3.02. The summed E-state index contributed by atoms with van der Waals surface area (Å²) in [6.45, 7) is 4.30. The first-order valence-electron chi connectivity index (χ1n) is 9.41. The highest BCUT2D eigenvalue weighted by Gasteiger charge is 2.22. The second kappa shape index (κ2) is 7.95. The number of piperidine rings is 1. The molecular formula is C20H23ClN4O3. The van der Waals surface area contributed by atoms with Crippen LogP contribution in [0.5, 0.6) is 5.75 Å². The molecule has 148 valence electrons. The molecule has 0 spiro atoms. The van der Waals surface area contributed by atoms with E-state index < -0.39 is 0 Å². The molecule has 0 aliphatic carbocycles. The first-order chi connectivity index (χ1) is 13.5. The van der Waals surface area contributed by atoms with Crippen molar-refractivity contribution in [2.75, 3.05) is 25.0 Å². The van der Waals surface area contributed by atoms with Crippen LogP contribution in [0.1, 0.15) is 19.8 Å². The molecule has 3 heterocycles. The molecule has 0 saturated carbocycles. The predicted octanol–water partition coefficient (Wildman–Crippen LogP) is 3.51. The number of aromatic hydroxyl groups is 1. The standard InChI is InChI=1S/C20H23ClN4O3/c1-12(26)10-25-8-2-3-14(11-25)22-20-24-19-18(28-20)7-6-16(23-19)15-5-4-13(21)9-17(15)27/h4-7,9,12,14,26-27H,2-3,8,10-11H2,1H3,(H,22,23,24)/t12?,14-/m1/s1. The van der Waals surface area contributed by atoms with E-state index in [2.05, 4.69) is 20.2 Å². The Hall–Kier alpha value is -2.35. The van der Waals surface area contributed by atoms with E-state index in [-0.39, 0.29) is 17.9 Å². The van der Waals surface area contributed by atoms with Gasteiger partial charge in [-0.15, -0.1) is 0 Å². The summed E-state index contributed by atoms with van der Waals surface area (Å²) in [7, 11) is 0. The Morgan fingerprint density at radius 1 is 1.32 bits per heavy atom. The van der Waals surface area contributed by atoms with Gasteiger partial charge in [0.1, 0.15) is 5.75 Å². The number of nitrogens with one attached hydrogen (secondary N) is 1. The molecule has 1 aliphatic rings. The molecule has 3 aromatic rings. The maximum Gasteiger partial charge on any atom is 0.297 e. The van der Waals surface area contributed by atoms with Crippen LogP contribution in [-0.2, 0) is 0 Å². The van der Waals surface area contributed by atoms with Crippen LogP contribution in [0.25, 0.3) is 22.5 Å². The lowest BCUT2D eigenvalue weighted by Gasteiger charge is -2.33. The molecule has 3 N–H and O–H groups in total. The summed E-state index contributed by atoms with van der Waals surface area (Å²) in [5.74, 6) is 0.0709. The Labute approximate surface area is 168 Å². The van der Waals surface area contributed by atoms with Gasteiger partial charge in [-0.1, -0.05) is 11.6 Å². The number of nitrogens with zero attached hydrogens (tertiary/aromatic N) is 3. The van der Waals surface area contributed by atoms with E-state index >= 15 is 0 Å². The van der Waals surface area contributed by atoms with Gasteiger partial charge < -0.3 is 19.9 Å². The van der Waals surface area contributed by atoms with Crippen molar-refractivity contribution in [3.05, 3.63) is 35.4 Å². The van der Waals surface area contributed by atoms with Gasteiger partial charge in [0.2, 0.25) is 5.65 Å². The Kier molecular flexibility index (Phi) is 5.39. The third-order valence-corrected chi connectivity index (χ3v) is 5.08. The molecular weight excluding hydrogens is 380 g/mol. The topological polar surface area (TPSA) is 94.7 Å². The van der Waals surface area contributed by atoms with Gasteiger partial charge in [0.15, 0.2) is 5.58 Å². The van der Waals surface area contributed by atoms with Crippen molar-refractivity contribution >= 4 is 28.8 Å². The number of aliphatic hydroxyl groups excluding tert-OH is 1. The number of aliphatic hydroxyl groups is 1. The third-order valence-electron chi connectivity index (χ3n) is 4.84. The number of phenolic OH excluding ortho intramolecular Hbond substituents is 1. The van der Waals surface area contributed by atoms with Gasteiger partial charge in [0.05, 0.1) is 11.8 Å². The number of halogens is 1. The number of β-amino-alcohol motifs (C(OH)–C–C–N with tert-alkyl or cyclic N) is 1. The van der Waals surface area contributed by atoms with E-state index in [9.17, 15) is 10.2 Å². The highest BCUT2D eigenvalue weighted by Crippen LogP contribution is 2.31. The molecule has 28 heavy (non-hydrogen) atoms. The van der Waals surface area contributed by atoms with Crippen LogP contribution >= 0.6 is 11.6 Å². The molecule has 1 fully saturated rings. The Morgan fingerprint density at radius 2 is 2.18 bits per heavy atom. The molecule has 0 radical (unpaired) electrons. The minimum absolute atomic E-state index is 0.0709. The average molecular weight is 403 g/mol. The summed E-state index contributed by atoms with van der Waals surface area (Å²) in [4.78, 5) is 11.2. The highest BCUT2D eigenvalue weighted by atomic mass is 35.5. The zero-order chi connectivity index (χ0) is 19.7. The molecule has 8 heteroatoms. The Balaban J connectivity index is 1.52. The van der Waals surface area contributed by atoms with Crippen LogP contribution in [0.3, 0.4) is 0 Å². The molecule has 7 nitrogen and oxygen atoms in total. The Morgan fingerprint density at radius 3 is 2.96 bits per heavy atom. The van der Waals surface area contributed by atoms with Crippen molar-refractivity contribution in [3.8, 4) is 17.0 Å². The smallest absolute Gasteiger partial charge is 0.297 e. The van der Waals surface area contributed by atoms with Crippen LogP contribution in [0.4, 0.5) is 6.01 Å². The third kappa shape index (κ3) is 4.22. The summed E-state index contributed by atoms with van der Waals surface area (Å²) in [6.07, 6.45) is 1.74. The van der Waals surface area contributed by atoms with Gasteiger partial charge in [-0.25, -0.2) is 4.98 Å². The van der Waals surface area contributed by atoms with Crippen molar-refractivity contribution in [3.63, 3.8) is 0 Å². The van der Waals surface area contributed by atoms with Gasteiger partial charge in [-0.2, -0.15) is 4.98 Å². The highest BCUT2D eigenvalue weighted by molar-refractivity contribution is 6.30. The van der Waals surface area contributed by atoms with Crippen molar-refractivity contribution in [1.82, 2.24) is 14.9 Å². The molecule has 4 rings (SSSR count). The monoisotopic (exact) mass is 402 g/mol. The van der Waals surface area contributed by atoms with E-state index in [1.165, 1.54) is 6.07 Å². The minimum atomic E-state index is -0.338. The van der Waals surface area contributed by atoms with Crippen LogP contribution in [0.15, 0.2) is 34.7 Å². The van der Waals surface area contributed by atoms with Crippen LogP contribution in [0, 0.1) is 0 Å². The molecule has 2 atom stereocenters. The Bertz CT molecular complexity index is 975. The molecule has 2 aromatic heterocycles. The number of oxazole rings is 1. The second-order valence-corrected chi connectivity index (χ2v) is 7.73. The number of phenols is 1. The number of aromatic nitrogens is 2. The van der Waals surface area contributed by atoms with Crippen molar-refractivity contribution in [1.29, 1.82) is 0 Å². The normalized spacial score (nSPS) is 19.0. The zero-order valence-electron chi connectivity index (χ0n) is 15.6. The number of benzene rings is 1. The number of anilines is 1. The summed E-state index contributed by atoms with van der Waals surface area (Å²) in [5, 5.41) is 23.5. The van der Waals surface area contributed by atoms with Crippen LogP contribution in [-0.4, -0.2) is 56.9 Å². The van der Waals surface area contributed by atoms with Gasteiger partial charge in [-0.3, -0.25) is 4.90 Å². The summed E-state index contributed by atoms with van der Waals surface area (Å²) in [5.41, 5.74) is 2.24. The van der Waals surface area contributed by atoms with E-state index in [0.717, 1.165) is 25.9 Å². The molecule has 1 aromatic carbocycles. The maximum absolute atomic E-state index is 10.1. The van der Waals surface area contributed by atoms with E-state index in [4.69, 9.17) is 16.0 Å². The molecule has 0 bridgehead atoms. The molecule has 0 amide bonds. The van der Waals surface area contributed by atoms with E-state index in [1.54, 1.807) is 31.2 Å². The zero-order valence-corrected chi connectivity index (χ0v) is 16.4. The van der Waals surface area contributed by atoms with Crippen molar-refractivity contribution in [2.45, 2.75) is 31.9 Å². The maximum atomic E-state index is 10.1. The minimum Gasteiger partial charge on any atom is -0.507 e. The quantitative estimate of drug-likeness (QED) is 0.601. The number of pyridine rings is 1. The molecule has 1 unspecified atom stereocenters. The van der Waals surface area contributed by atoms with Gasteiger partial charge >= 0.3 is 0 Å². The summed E-state index contributed by atoms with van der Waals surface area (Å²) in [6, 6.07) is 9.14. The summed E-state index contributed by atoms with van der Waals surface area (Å²) >= 11 is 5.90. The van der Waals surface area contributed by atoms with Crippen molar-refractivity contribution in [2.24, 2.45) is 0 Å². The number of hydrogen-bond donors (Lipinski definition) is 3. The SMILES string of the molecule is CC(O)CN1CCC[C@@H](Nc2nc3nc(-c4ccc(Cl)cc4O)ccc3o2)C1. The number of hydrogen-bond acceptors (Lipinski definition) is 7. The molecule has 1 aliphatic heterocycles. The number of likely N-dealkylation sites (tertiary alicyclic amines) is 1.